The second-order valence-electron chi connectivity index (χ2n) is 5.50. The predicted octanol–water partition coefficient (Wildman–Crippen LogP) is 4.68. The monoisotopic (exact) mass is 244 g/mol. The molecule has 18 heavy (non-hydrogen) atoms. The first-order valence-corrected chi connectivity index (χ1v) is 7.07. The molecule has 0 radical (unpaired) electrons. The molecule has 2 rings (SSSR count). The lowest BCUT2D eigenvalue weighted by Crippen LogP contribution is -2.10. The molecule has 1 aliphatic carbocycles. The highest BCUT2D eigenvalue weighted by atomic mass is 16.5. The fourth-order valence-electron chi connectivity index (χ4n) is 2.74. The van der Waals surface area contributed by atoms with Crippen LogP contribution in [-0.2, 0) is 11.3 Å². The average molecular weight is 244 g/mol. The molecule has 1 nitrogen and oxygen atoms in total. The second-order valence-corrected chi connectivity index (χ2v) is 5.50. The van der Waals surface area contributed by atoms with Crippen LogP contribution in [0.4, 0.5) is 0 Å². The minimum absolute atomic E-state index is 0.627. The van der Waals surface area contributed by atoms with Gasteiger partial charge in [-0.15, -0.1) is 6.58 Å². The Labute approximate surface area is 111 Å². The van der Waals surface area contributed by atoms with Crippen LogP contribution in [0.1, 0.15) is 49.7 Å². The fraction of sp³-hybridized carbons (Fsp3) is 0.529. The molecule has 1 fully saturated rings. The molecule has 0 aromatic heterocycles. The third-order valence-electron chi connectivity index (χ3n) is 3.97. The summed E-state index contributed by atoms with van der Waals surface area (Å²) in [6, 6.07) is 8.98. The Bertz CT molecular complexity index is 358. The zero-order valence-corrected chi connectivity index (χ0v) is 11.4. The summed E-state index contributed by atoms with van der Waals surface area (Å²) in [7, 11) is 0. The molecule has 0 N–H and O–H groups in total. The topological polar surface area (TPSA) is 9.23 Å². The van der Waals surface area contributed by atoms with E-state index in [4.69, 9.17) is 4.74 Å². The molecule has 98 valence electrons. The van der Waals surface area contributed by atoms with Crippen LogP contribution >= 0.6 is 0 Å². The Kier molecular flexibility index (Phi) is 5.00. The van der Waals surface area contributed by atoms with Gasteiger partial charge in [-0.25, -0.2) is 0 Å². The first kappa shape index (κ1) is 13.4. The largest absolute Gasteiger partial charge is 0.373 e. The minimum atomic E-state index is 0.627. The molecule has 1 aromatic rings. The predicted molar refractivity (Wildman–Crippen MR) is 76.7 cm³/mol. The molecular weight excluding hydrogens is 220 g/mol. The highest BCUT2D eigenvalue weighted by Gasteiger charge is 2.19. The summed E-state index contributed by atoms with van der Waals surface area (Å²) in [6.07, 6.45) is 7.27. The Balaban J connectivity index is 1.88. The van der Waals surface area contributed by atoms with Crippen molar-refractivity contribution >= 4 is 0 Å². The smallest absolute Gasteiger partial charge is 0.0721 e. The normalized spacial score (nSPS) is 23.8. The van der Waals surface area contributed by atoms with Gasteiger partial charge in [-0.1, -0.05) is 50.1 Å². The van der Waals surface area contributed by atoms with Crippen LogP contribution in [0.3, 0.4) is 0 Å². The lowest BCUT2D eigenvalue weighted by atomic mass is 9.79. The van der Waals surface area contributed by atoms with E-state index in [2.05, 4.69) is 37.8 Å². The van der Waals surface area contributed by atoms with E-state index in [9.17, 15) is 0 Å². The van der Waals surface area contributed by atoms with Gasteiger partial charge < -0.3 is 4.74 Å². The first-order valence-electron chi connectivity index (χ1n) is 7.07. The van der Waals surface area contributed by atoms with Crippen molar-refractivity contribution < 1.29 is 4.74 Å². The van der Waals surface area contributed by atoms with Crippen molar-refractivity contribution in [3.05, 3.63) is 48.0 Å². The fourth-order valence-corrected chi connectivity index (χ4v) is 2.74. The molecule has 1 aromatic carbocycles. The average Bonchev–Trinajstić information content (AvgIpc) is 2.41. The van der Waals surface area contributed by atoms with E-state index in [1.165, 1.54) is 36.8 Å². The molecule has 0 aliphatic heterocycles. The summed E-state index contributed by atoms with van der Waals surface area (Å²) >= 11 is 0. The summed E-state index contributed by atoms with van der Waals surface area (Å²) in [5, 5.41) is 0. The van der Waals surface area contributed by atoms with Crippen molar-refractivity contribution in [1.82, 2.24) is 0 Å². The first-order chi connectivity index (χ1) is 8.79. The van der Waals surface area contributed by atoms with Crippen LogP contribution in [0.25, 0.3) is 0 Å². The van der Waals surface area contributed by atoms with E-state index in [1.54, 1.807) is 6.08 Å². The van der Waals surface area contributed by atoms with Crippen molar-refractivity contribution in [1.29, 1.82) is 0 Å². The number of hydrogen-bond acceptors (Lipinski definition) is 1. The van der Waals surface area contributed by atoms with Crippen LogP contribution in [0, 0.1) is 5.92 Å². The Morgan fingerprint density at radius 2 is 1.83 bits per heavy atom. The van der Waals surface area contributed by atoms with Gasteiger partial charge in [-0.3, -0.25) is 0 Å². The summed E-state index contributed by atoms with van der Waals surface area (Å²) < 4.78 is 5.45. The second kappa shape index (κ2) is 6.75. The van der Waals surface area contributed by atoms with E-state index in [1.807, 2.05) is 0 Å². The third kappa shape index (κ3) is 3.71. The van der Waals surface area contributed by atoms with Crippen molar-refractivity contribution in [2.45, 2.75) is 45.1 Å². The summed E-state index contributed by atoms with van der Waals surface area (Å²) in [5.41, 5.74) is 2.76. The number of ether oxygens (including phenoxy) is 1. The maximum absolute atomic E-state index is 5.45. The van der Waals surface area contributed by atoms with E-state index < -0.39 is 0 Å². The van der Waals surface area contributed by atoms with Gasteiger partial charge in [0.1, 0.15) is 0 Å². The number of benzene rings is 1. The molecule has 0 amide bonds. The van der Waals surface area contributed by atoms with Crippen molar-refractivity contribution in [2.75, 3.05) is 6.61 Å². The Morgan fingerprint density at radius 3 is 2.44 bits per heavy atom. The highest BCUT2D eigenvalue weighted by molar-refractivity contribution is 5.25. The Morgan fingerprint density at radius 1 is 1.17 bits per heavy atom. The van der Waals surface area contributed by atoms with Crippen LogP contribution in [0.2, 0.25) is 0 Å². The van der Waals surface area contributed by atoms with Crippen LogP contribution in [0.5, 0.6) is 0 Å². The zero-order chi connectivity index (χ0) is 12.8. The molecule has 1 heteroatoms. The summed E-state index contributed by atoms with van der Waals surface area (Å²) in [4.78, 5) is 0. The minimum Gasteiger partial charge on any atom is -0.373 e. The molecule has 1 aliphatic rings. The number of hydrogen-bond donors (Lipinski definition) is 0. The lowest BCUT2D eigenvalue weighted by Gasteiger charge is -2.26. The molecule has 0 atom stereocenters. The third-order valence-corrected chi connectivity index (χ3v) is 3.97. The van der Waals surface area contributed by atoms with E-state index in [-0.39, 0.29) is 0 Å². The molecule has 1 saturated carbocycles. The van der Waals surface area contributed by atoms with Crippen LogP contribution < -0.4 is 0 Å². The summed E-state index contributed by atoms with van der Waals surface area (Å²) in [5.74, 6) is 1.71. The standard InChI is InChI=1S/C17H24O/c1-3-12-18-13-15-6-10-17(11-7-15)16-8-4-14(2)5-9-16/h3,6-7,10-11,14,16H,1,4-5,8-9,12-13H2,2H3. The molecule has 0 saturated heterocycles. The van der Waals surface area contributed by atoms with Gasteiger partial charge in [0, 0.05) is 0 Å². The number of rotatable bonds is 5. The molecule has 0 spiro atoms. The van der Waals surface area contributed by atoms with Gasteiger partial charge in [-0.2, -0.15) is 0 Å². The maximum atomic E-state index is 5.45. The van der Waals surface area contributed by atoms with E-state index in [0.717, 1.165) is 11.8 Å². The van der Waals surface area contributed by atoms with Crippen LogP contribution in [0.15, 0.2) is 36.9 Å². The summed E-state index contributed by atoms with van der Waals surface area (Å²) in [6.45, 7) is 7.34. The van der Waals surface area contributed by atoms with Gasteiger partial charge in [0.25, 0.3) is 0 Å². The van der Waals surface area contributed by atoms with Gasteiger partial charge in [-0.05, 0) is 35.8 Å². The quantitative estimate of drug-likeness (QED) is 0.539. The van der Waals surface area contributed by atoms with E-state index >= 15 is 0 Å². The lowest BCUT2D eigenvalue weighted by molar-refractivity contribution is 0.149. The van der Waals surface area contributed by atoms with Gasteiger partial charge in [0.2, 0.25) is 0 Å². The SMILES string of the molecule is C=CCOCc1ccc(C2CCC(C)CC2)cc1. The molecular formula is C17H24O. The molecule has 0 heterocycles. The van der Waals surface area contributed by atoms with Gasteiger partial charge in [0.05, 0.1) is 13.2 Å². The zero-order valence-electron chi connectivity index (χ0n) is 11.4. The molecule has 0 bridgehead atoms. The van der Waals surface area contributed by atoms with Gasteiger partial charge in [0.15, 0.2) is 0 Å². The van der Waals surface area contributed by atoms with E-state index in [0.29, 0.717) is 13.2 Å². The van der Waals surface area contributed by atoms with Crippen molar-refractivity contribution in [3.63, 3.8) is 0 Å². The highest BCUT2D eigenvalue weighted by Crippen LogP contribution is 2.35. The van der Waals surface area contributed by atoms with Crippen molar-refractivity contribution in [3.8, 4) is 0 Å². The maximum Gasteiger partial charge on any atom is 0.0721 e. The van der Waals surface area contributed by atoms with Gasteiger partial charge >= 0.3 is 0 Å². The van der Waals surface area contributed by atoms with Crippen molar-refractivity contribution in [2.24, 2.45) is 5.92 Å². The Hall–Kier alpha value is -1.08. The molecule has 0 unspecified atom stereocenters. The van der Waals surface area contributed by atoms with Crippen LogP contribution in [-0.4, -0.2) is 6.61 Å².